The van der Waals surface area contributed by atoms with Crippen LogP contribution in [0.3, 0.4) is 0 Å². The van der Waals surface area contributed by atoms with Gasteiger partial charge >= 0.3 is 0 Å². The number of hydrogen-bond acceptors (Lipinski definition) is 5. The molecule has 0 aromatic rings. The first-order chi connectivity index (χ1) is 4.04. The summed E-state index contributed by atoms with van der Waals surface area (Å²) in [5, 5.41) is 17.2. The molecule has 9 heavy (non-hydrogen) atoms. The highest BCUT2D eigenvalue weighted by atomic mass is 32.1. The minimum Gasteiger partial charge on any atom is -0.742 e. The zero-order chi connectivity index (χ0) is 7.44. The number of carbonyl (C=O) groups is 2. The van der Waals surface area contributed by atoms with Gasteiger partial charge in [0.15, 0.2) is 0 Å². The monoisotopic (exact) mass is 148 g/mol. The Bertz CT molecular complexity index is 133. The minimum atomic E-state index is -1.75. The van der Waals surface area contributed by atoms with E-state index in [1.807, 2.05) is 0 Å². The summed E-state index contributed by atoms with van der Waals surface area (Å²) >= 11 is 3.98. The van der Waals surface area contributed by atoms with Gasteiger partial charge in [0.25, 0.3) is 0 Å². The molecule has 1 N–H and O–H groups in total. The Labute approximate surface area is 56.9 Å². The Balaban J connectivity index is 3.63. The van der Waals surface area contributed by atoms with Crippen LogP contribution in [0, 0.1) is 0 Å². The molecular formula is C4H4O4S-2. The van der Waals surface area contributed by atoms with E-state index in [-0.39, 0.29) is 0 Å². The zero-order valence-corrected chi connectivity index (χ0v) is 5.18. The van der Waals surface area contributed by atoms with Crippen LogP contribution in [0.15, 0.2) is 0 Å². The molecule has 0 amide bonds. The standard InChI is InChI=1S/C4H6O4S/c5-2(4(7)8)1-3(6)9/h2,5H,1H2,(H,6,9)(H,7,8)/p-2. The molecule has 0 fully saturated rings. The maximum atomic E-state index is 9.92. The van der Waals surface area contributed by atoms with Gasteiger partial charge in [-0.15, -0.1) is 0 Å². The molecular weight excluding hydrogens is 144 g/mol. The number of carbonyl (C=O) groups excluding carboxylic acids is 2. The number of hydrogen-bond donors (Lipinski definition) is 1. The third-order valence-corrected chi connectivity index (χ3v) is 0.799. The van der Waals surface area contributed by atoms with E-state index in [1.54, 1.807) is 0 Å². The molecule has 0 aromatic carbocycles. The van der Waals surface area contributed by atoms with Crippen LogP contribution in [0.5, 0.6) is 0 Å². The normalized spacial score (nSPS) is 12.6. The van der Waals surface area contributed by atoms with E-state index >= 15 is 0 Å². The van der Waals surface area contributed by atoms with Crippen molar-refractivity contribution in [2.75, 3.05) is 0 Å². The molecule has 0 saturated carbocycles. The van der Waals surface area contributed by atoms with Gasteiger partial charge in [-0.25, -0.2) is 0 Å². The molecule has 0 aliphatic rings. The average Bonchev–Trinajstić information content (AvgIpc) is 1.63. The Hall–Kier alpha value is -0.680. The first kappa shape index (κ1) is 8.32. The summed E-state index contributed by atoms with van der Waals surface area (Å²) in [7, 11) is 0. The number of carboxylic acid groups (broad SMARTS) is 1. The predicted molar refractivity (Wildman–Crippen MR) is 28.0 cm³/mol. The molecule has 0 radical (unpaired) electrons. The van der Waals surface area contributed by atoms with Crippen molar-refractivity contribution in [1.29, 1.82) is 0 Å². The summed E-state index contributed by atoms with van der Waals surface area (Å²) in [5.41, 5.74) is 0. The molecule has 1 atom stereocenters. The maximum Gasteiger partial charge on any atom is 0.0984 e. The quantitative estimate of drug-likeness (QED) is 0.450. The molecule has 0 heterocycles. The van der Waals surface area contributed by atoms with Crippen molar-refractivity contribution in [3.05, 3.63) is 0 Å². The average molecular weight is 148 g/mol. The molecule has 0 rings (SSSR count). The fourth-order valence-corrected chi connectivity index (χ4v) is 0.399. The van der Waals surface area contributed by atoms with Gasteiger partial charge < -0.3 is 32.4 Å². The van der Waals surface area contributed by atoms with Crippen LogP contribution in [0.2, 0.25) is 0 Å². The molecule has 52 valence electrons. The van der Waals surface area contributed by atoms with E-state index in [0.29, 0.717) is 0 Å². The summed E-state index contributed by atoms with van der Waals surface area (Å²) in [5.74, 6) is -1.67. The lowest BCUT2D eigenvalue weighted by molar-refractivity contribution is -0.314. The SMILES string of the molecule is O=C([S-])CC(O)C(=O)[O-]. The van der Waals surface area contributed by atoms with Gasteiger partial charge in [0.05, 0.1) is 12.1 Å². The molecule has 5 heteroatoms. The highest BCUT2D eigenvalue weighted by Gasteiger charge is 2.02. The molecule has 0 spiro atoms. The van der Waals surface area contributed by atoms with Gasteiger partial charge in [-0.2, -0.15) is 0 Å². The summed E-state index contributed by atoms with van der Waals surface area (Å²) in [6.45, 7) is 0. The molecule has 0 bridgehead atoms. The van der Waals surface area contributed by atoms with Crippen LogP contribution in [0.1, 0.15) is 6.42 Å². The molecule has 0 aliphatic carbocycles. The lowest BCUT2D eigenvalue weighted by Gasteiger charge is -2.11. The third-order valence-electron chi connectivity index (χ3n) is 0.632. The van der Waals surface area contributed by atoms with Crippen LogP contribution in [-0.2, 0) is 22.2 Å². The van der Waals surface area contributed by atoms with Crippen molar-refractivity contribution in [2.45, 2.75) is 12.5 Å². The van der Waals surface area contributed by atoms with E-state index in [2.05, 4.69) is 12.6 Å². The number of aliphatic hydroxyl groups excluding tert-OH is 1. The van der Waals surface area contributed by atoms with Crippen molar-refractivity contribution in [3.63, 3.8) is 0 Å². The van der Waals surface area contributed by atoms with E-state index < -0.39 is 23.6 Å². The summed E-state index contributed by atoms with van der Waals surface area (Å²) in [4.78, 5) is 19.6. The van der Waals surface area contributed by atoms with Gasteiger partial charge in [0.1, 0.15) is 0 Å². The van der Waals surface area contributed by atoms with Gasteiger partial charge in [-0.3, -0.25) is 0 Å². The van der Waals surface area contributed by atoms with Crippen molar-refractivity contribution in [1.82, 2.24) is 0 Å². The lowest BCUT2D eigenvalue weighted by Crippen LogP contribution is -2.36. The van der Waals surface area contributed by atoms with Crippen molar-refractivity contribution in [3.8, 4) is 0 Å². The van der Waals surface area contributed by atoms with Crippen LogP contribution in [0.4, 0.5) is 0 Å². The predicted octanol–water partition coefficient (Wildman–Crippen LogP) is -2.44. The van der Waals surface area contributed by atoms with E-state index in [0.717, 1.165) is 0 Å². The van der Waals surface area contributed by atoms with Crippen LogP contribution >= 0.6 is 0 Å². The second-order valence-corrected chi connectivity index (χ2v) is 1.87. The van der Waals surface area contributed by atoms with Crippen LogP contribution in [-0.4, -0.2) is 22.3 Å². The van der Waals surface area contributed by atoms with E-state index in [1.165, 1.54) is 0 Å². The summed E-state index contributed by atoms with van der Waals surface area (Å²) in [6, 6.07) is 0. The minimum absolute atomic E-state index is 0.558. The van der Waals surface area contributed by atoms with Crippen molar-refractivity contribution < 1.29 is 19.8 Å². The second-order valence-electron chi connectivity index (χ2n) is 1.41. The molecule has 0 aromatic heterocycles. The van der Waals surface area contributed by atoms with Gasteiger partial charge in [0.2, 0.25) is 0 Å². The van der Waals surface area contributed by atoms with Gasteiger partial charge in [0, 0.05) is 11.5 Å². The Morgan fingerprint density at radius 3 is 2.22 bits per heavy atom. The van der Waals surface area contributed by atoms with Crippen LogP contribution < -0.4 is 5.11 Å². The largest absolute Gasteiger partial charge is 0.742 e. The fourth-order valence-electron chi connectivity index (χ4n) is 0.241. The number of aliphatic hydroxyl groups is 1. The summed E-state index contributed by atoms with van der Waals surface area (Å²) < 4.78 is 0. The first-order valence-electron chi connectivity index (χ1n) is 2.13. The molecule has 0 aliphatic heterocycles. The van der Waals surface area contributed by atoms with E-state index in [9.17, 15) is 14.7 Å². The highest BCUT2D eigenvalue weighted by Crippen LogP contribution is 1.88. The fraction of sp³-hybridized carbons (Fsp3) is 0.500. The highest BCUT2D eigenvalue weighted by molar-refractivity contribution is 7.77. The van der Waals surface area contributed by atoms with Gasteiger partial charge in [-0.05, 0) is 0 Å². The smallest absolute Gasteiger partial charge is 0.0984 e. The maximum absolute atomic E-state index is 9.92. The van der Waals surface area contributed by atoms with Crippen molar-refractivity contribution >= 4 is 23.7 Å². The summed E-state index contributed by atoms with van der Waals surface area (Å²) in [6.07, 6.45) is -2.31. The first-order valence-corrected chi connectivity index (χ1v) is 2.53. The molecule has 4 nitrogen and oxygen atoms in total. The Morgan fingerprint density at radius 1 is 1.67 bits per heavy atom. The lowest BCUT2D eigenvalue weighted by atomic mass is 10.3. The topological polar surface area (TPSA) is 77.4 Å². The third kappa shape index (κ3) is 3.87. The van der Waals surface area contributed by atoms with E-state index in [4.69, 9.17) is 5.11 Å². The second kappa shape index (κ2) is 3.37. The van der Waals surface area contributed by atoms with Crippen molar-refractivity contribution in [2.24, 2.45) is 0 Å². The number of rotatable bonds is 3. The number of carboxylic acids is 1. The Kier molecular flexibility index (Phi) is 3.11. The molecule has 0 saturated heterocycles. The van der Waals surface area contributed by atoms with Crippen LogP contribution in [0.25, 0.3) is 0 Å². The Morgan fingerprint density at radius 2 is 2.11 bits per heavy atom. The van der Waals surface area contributed by atoms with Gasteiger partial charge in [-0.1, -0.05) is 0 Å². The molecule has 1 unspecified atom stereocenters. The zero-order valence-electron chi connectivity index (χ0n) is 4.36. The number of aliphatic carboxylic acids is 1.